The molecule has 2 aromatic rings. The molecular weight excluding hydrogens is 375 g/mol. The van der Waals surface area contributed by atoms with Crippen LogP contribution in [-0.4, -0.2) is 34.0 Å². The number of rotatable bonds is 3. The SMILES string of the molecule is CSc1ccc([C@H]2SC[C@H]3C(=O)N(c4ccc(F)cc4)C(=S)N23)cc1. The maximum absolute atomic E-state index is 13.2. The fraction of sp³-hybridized carbons (Fsp3) is 0.222. The van der Waals surface area contributed by atoms with Crippen LogP contribution in [0.5, 0.6) is 0 Å². The fourth-order valence-corrected chi connectivity index (χ4v) is 5.47. The van der Waals surface area contributed by atoms with Gasteiger partial charge in [-0.25, -0.2) is 4.39 Å². The molecule has 0 aliphatic carbocycles. The third kappa shape index (κ3) is 2.84. The van der Waals surface area contributed by atoms with Gasteiger partial charge in [-0.1, -0.05) is 12.1 Å². The van der Waals surface area contributed by atoms with Crippen molar-refractivity contribution in [3.8, 4) is 0 Å². The number of hydrogen-bond acceptors (Lipinski definition) is 4. The van der Waals surface area contributed by atoms with Gasteiger partial charge in [0.1, 0.15) is 17.2 Å². The molecule has 4 rings (SSSR count). The van der Waals surface area contributed by atoms with Crippen molar-refractivity contribution in [1.82, 2.24) is 4.90 Å². The number of amides is 1. The van der Waals surface area contributed by atoms with Crippen LogP contribution in [0.1, 0.15) is 10.9 Å². The maximum Gasteiger partial charge on any atom is 0.257 e. The molecule has 0 bridgehead atoms. The summed E-state index contributed by atoms with van der Waals surface area (Å²) in [5.74, 6) is 0.336. The predicted octanol–water partition coefficient (Wildman–Crippen LogP) is 4.30. The van der Waals surface area contributed by atoms with Crippen molar-refractivity contribution in [3.63, 3.8) is 0 Å². The van der Waals surface area contributed by atoms with E-state index in [0.717, 1.165) is 5.56 Å². The van der Waals surface area contributed by atoms with Gasteiger partial charge in [0, 0.05) is 10.6 Å². The first-order chi connectivity index (χ1) is 12.1. The number of carbonyl (C=O) groups is 1. The zero-order valence-electron chi connectivity index (χ0n) is 13.4. The zero-order valence-corrected chi connectivity index (χ0v) is 15.8. The Morgan fingerprint density at radius 3 is 2.48 bits per heavy atom. The van der Waals surface area contributed by atoms with Crippen molar-refractivity contribution in [3.05, 3.63) is 59.9 Å². The van der Waals surface area contributed by atoms with Gasteiger partial charge in [-0.3, -0.25) is 9.69 Å². The lowest BCUT2D eigenvalue weighted by atomic mass is 10.2. The van der Waals surface area contributed by atoms with Crippen molar-refractivity contribution in [1.29, 1.82) is 0 Å². The van der Waals surface area contributed by atoms with Gasteiger partial charge in [-0.05, 0) is 60.4 Å². The summed E-state index contributed by atoms with van der Waals surface area (Å²) in [6, 6.07) is 14.0. The smallest absolute Gasteiger partial charge is 0.257 e. The van der Waals surface area contributed by atoms with E-state index in [4.69, 9.17) is 12.2 Å². The zero-order chi connectivity index (χ0) is 17.6. The summed E-state index contributed by atoms with van der Waals surface area (Å²) < 4.78 is 13.2. The van der Waals surface area contributed by atoms with Gasteiger partial charge in [0.05, 0.1) is 5.69 Å². The molecule has 2 fully saturated rings. The van der Waals surface area contributed by atoms with Crippen LogP contribution >= 0.6 is 35.7 Å². The minimum absolute atomic E-state index is 0.0304. The molecule has 2 aromatic carbocycles. The summed E-state index contributed by atoms with van der Waals surface area (Å²) in [5.41, 5.74) is 1.76. The first kappa shape index (κ1) is 16.9. The van der Waals surface area contributed by atoms with Crippen LogP contribution in [0.15, 0.2) is 53.4 Å². The Bertz CT molecular complexity index is 825. The molecule has 2 atom stereocenters. The molecule has 25 heavy (non-hydrogen) atoms. The topological polar surface area (TPSA) is 23.6 Å². The Hall–Kier alpha value is -1.57. The average molecular weight is 391 g/mol. The van der Waals surface area contributed by atoms with E-state index in [0.29, 0.717) is 16.6 Å². The van der Waals surface area contributed by atoms with Gasteiger partial charge in [0.25, 0.3) is 5.91 Å². The van der Waals surface area contributed by atoms with E-state index in [-0.39, 0.29) is 23.1 Å². The van der Waals surface area contributed by atoms with Crippen LogP contribution in [0.2, 0.25) is 0 Å². The fourth-order valence-electron chi connectivity index (χ4n) is 3.14. The first-order valence-electron chi connectivity index (χ1n) is 7.77. The molecule has 128 valence electrons. The van der Waals surface area contributed by atoms with Gasteiger partial charge in [0.2, 0.25) is 0 Å². The second-order valence-electron chi connectivity index (χ2n) is 5.81. The Kier molecular flexibility index (Phi) is 4.47. The quantitative estimate of drug-likeness (QED) is 0.575. The summed E-state index contributed by atoms with van der Waals surface area (Å²) in [4.78, 5) is 17.6. The van der Waals surface area contributed by atoms with Crippen molar-refractivity contribution < 1.29 is 9.18 Å². The van der Waals surface area contributed by atoms with E-state index in [1.807, 2.05) is 11.2 Å². The van der Waals surface area contributed by atoms with Crippen molar-refractivity contribution in [2.75, 3.05) is 16.9 Å². The Labute approximate surface area is 159 Å². The predicted molar refractivity (Wildman–Crippen MR) is 106 cm³/mol. The maximum atomic E-state index is 13.2. The van der Waals surface area contributed by atoms with E-state index in [9.17, 15) is 9.18 Å². The molecule has 0 N–H and O–H groups in total. The third-order valence-corrected chi connectivity index (χ3v) is 6.86. The standard InChI is InChI=1S/C18H15FN2OS3/c1-24-14-8-2-11(3-9-14)17-21-15(10-25-17)16(22)20(18(21)23)13-6-4-12(19)5-7-13/h2-9,15,17H,10H2,1H3/t15-,17+/m0/s1. The van der Waals surface area contributed by atoms with Gasteiger partial charge < -0.3 is 4.90 Å². The third-order valence-electron chi connectivity index (χ3n) is 4.40. The molecule has 0 spiro atoms. The molecule has 3 nitrogen and oxygen atoms in total. The number of fused-ring (bicyclic) bond motifs is 1. The van der Waals surface area contributed by atoms with E-state index >= 15 is 0 Å². The summed E-state index contributed by atoms with van der Waals surface area (Å²) in [6.07, 6.45) is 2.05. The Morgan fingerprint density at radius 2 is 1.84 bits per heavy atom. The number of carbonyl (C=O) groups excluding carboxylic acids is 1. The second kappa shape index (κ2) is 6.63. The van der Waals surface area contributed by atoms with E-state index in [1.54, 1.807) is 35.7 Å². The van der Waals surface area contributed by atoms with Crippen LogP contribution in [0.3, 0.4) is 0 Å². The van der Waals surface area contributed by atoms with Gasteiger partial charge in [0.15, 0.2) is 5.11 Å². The molecule has 0 aromatic heterocycles. The number of anilines is 1. The van der Waals surface area contributed by atoms with E-state index in [1.165, 1.54) is 21.9 Å². The number of thioether (sulfide) groups is 2. The van der Waals surface area contributed by atoms with Crippen molar-refractivity contribution in [2.45, 2.75) is 16.3 Å². The highest BCUT2D eigenvalue weighted by atomic mass is 32.2. The molecule has 2 heterocycles. The molecule has 2 aliphatic rings. The Morgan fingerprint density at radius 1 is 1.16 bits per heavy atom. The largest absolute Gasteiger partial charge is 0.319 e. The lowest BCUT2D eigenvalue weighted by Crippen LogP contribution is -2.33. The number of thiocarbonyl (C=S) groups is 1. The summed E-state index contributed by atoms with van der Waals surface area (Å²) >= 11 is 9.05. The van der Waals surface area contributed by atoms with Gasteiger partial charge in [-0.15, -0.1) is 23.5 Å². The number of benzene rings is 2. The summed E-state index contributed by atoms with van der Waals surface area (Å²) in [7, 11) is 0. The lowest BCUT2D eigenvalue weighted by molar-refractivity contribution is -0.119. The Balaban J connectivity index is 1.65. The van der Waals surface area contributed by atoms with Crippen LogP contribution in [-0.2, 0) is 4.79 Å². The highest BCUT2D eigenvalue weighted by Gasteiger charge is 2.50. The summed E-state index contributed by atoms with van der Waals surface area (Å²) in [5, 5.41) is 0.522. The van der Waals surface area contributed by atoms with Crippen LogP contribution < -0.4 is 4.90 Å². The van der Waals surface area contributed by atoms with Gasteiger partial charge >= 0.3 is 0 Å². The molecule has 1 amide bonds. The highest BCUT2D eigenvalue weighted by Crippen LogP contribution is 2.46. The van der Waals surface area contributed by atoms with E-state index < -0.39 is 0 Å². The highest BCUT2D eigenvalue weighted by molar-refractivity contribution is 8.00. The molecule has 0 unspecified atom stereocenters. The number of nitrogens with zero attached hydrogens (tertiary/aromatic N) is 2. The van der Waals surface area contributed by atoms with Crippen LogP contribution in [0, 0.1) is 5.82 Å². The molecule has 2 saturated heterocycles. The lowest BCUT2D eigenvalue weighted by Gasteiger charge is -2.25. The van der Waals surface area contributed by atoms with Crippen molar-refractivity contribution >= 4 is 52.4 Å². The number of halogens is 1. The molecule has 7 heteroatoms. The van der Waals surface area contributed by atoms with Crippen LogP contribution in [0.25, 0.3) is 0 Å². The monoisotopic (exact) mass is 390 g/mol. The van der Waals surface area contributed by atoms with E-state index in [2.05, 4.69) is 24.3 Å². The number of hydrogen-bond donors (Lipinski definition) is 0. The molecule has 2 aliphatic heterocycles. The van der Waals surface area contributed by atoms with Gasteiger partial charge in [-0.2, -0.15) is 0 Å². The van der Waals surface area contributed by atoms with Crippen molar-refractivity contribution in [2.24, 2.45) is 0 Å². The normalized spacial score (nSPS) is 22.6. The average Bonchev–Trinajstić information content (AvgIpc) is 3.17. The molecule has 0 radical (unpaired) electrons. The van der Waals surface area contributed by atoms with Crippen LogP contribution in [0.4, 0.5) is 10.1 Å². The minimum Gasteiger partial charge on any atom is -0.319 e. The second-order valence-corrected chi connectivity index (χ2v) is 8.17. The molecular formula is C18H15FN2OS3. The first-order valence-corrected chi connectivity index (χ1v) is 10.5. The summed E-state index contributed by atoms with van der Waals surface area (Å²) in [6.45, 7) is 0. The molecule has 0 saturated carbocycles. The minimum atomic E-state index is -0.330.